The number of rotatable bonds is 1. The Labute approximate surface area is 140 Å². The minimum atomic E-state index is 0.500. The molecule has 0 N–H and O–H groups in total. The fourth-order valence-electron chi connectivity index (χ4n) is 3.99. The molecule has 118 valence electrons. The van der Waals surface area contributed by atoms with E-state index in [1.807, 2.05) is 12.1 Å². The van der Waals surface area contributed by atoms with Crippen LogP contribution < -0.4 is 0 Å². The third-order valence-electron chi connectivity index (χ3n) is 5.17. The van der Waals surface area contributed by atoms with Crippen molar-refractivity contribution in [1.29, 1.82) is 0 Å². The summed E-state index contributed by atoms with van der Waals surface area (Å²) in [6.45, 7) is 4.51. The monoisotopic (exact) mass is 313 g/mol. The molecule has 0 amide bonds. The minimum absolute atomic E-state index is 0.500. The van der Waals surface area contributed by atoms with E-state index >= 15 is 0 Å². The molecule has 0 atom stereocenters. The van der Waals surface area contributed by atoms with Crippen LogP contribution in [0.25, 0.3) is 43.7 Å². The topological polar surface area (TPSA) is 18.1 Å². The van der Waals surface area contributed by atoms with Gasteiger partial charge in [-0.05, 0) is 29.7 Å². The normalized spacial score (nSPS) is 12.3. The molecule has 0 unspecified atom stereocenters. The Bertz CT molecular complexity index is 1240. The third kappa shape index (κ3) is 1.66. The van der Waals surface area contributed by atoms with Gasteiger partial charge in [0.2, 0.25) is 0 Å². The van der Waals surface area contributed by atoms with Gasteiger partial charge in [0.1, 0.15) is 11.2 Å². The van der Waals surface area contributed by atoms with Gasteiger partial charge >= 0.3 is 0 Å². The molecule has 0 aliphatic rings. The number of aromatic nitrogens is 1. The van der Waals surface area contributed by atoms with E-state index in [0.717, 1.165) is 11.2 Å². The molecule has 2 aromatic heterocycles. The highest BCUT2D eigenvalue weighted by Gasteiger charge is 2.16. The second-order valence-electron chi connectivity index (χ2n) is 6.92. The highest BCUT2D eigenvalue weighted by Crippen LogP contribution is 2.38. The van der Waals surface area contributed by atoms with Crippen LogP contribution in [0.15, 0.2) is 59.0 Å². The number of fused-ring (bicyclic) bond motifs is 6. The van der Waals surface area contributed by atoms with Crippen molar-refractivity contribution in [3.05, 3.63) is 60.2 Å². The van der Waals surface area contributed by atoms with Crippen molar-refractivity contribution < 1.29 is 4.42 Å². The second-order valence-corrected chi connectivity index (χ2v) is 6.92. The summed E-state index contributed by atoms with van der Waals surface area (Å²) in [4.78, 5) is 0. The van der Waals surface area contributed by atoms with E-state index in [-0.39, 0.29) is 0 Å². The highest BCUT2D eigenvalue weighted by molar-refractivity contribution is 6.16. The lowest BCUT2D eigenvalue weighted by molar-refractivity contribution is 0.669. The maximum absolute atomic E-state index is 6.09. The maximum atomic E-state index is 6.09. The summed E-state index contributed by atoms with van der Waals surface area (Å²) in [5.74, 6) is 0.500. The van der Waals surface area contributed by atoms with Crippen LogP contribution in [0, 0.1) is 0 Å². The summed E-state index contributed by atoms with van der Waals surface area (Å²) >= 11 is 0. The lowest BCUT2D eigenvalue weighted by Gasteiger charge is -2.09. The molecule has 2 heterocycles. The predicted molar refractivity (Wildman–Crippen MR) is 102 cm³/mol. The van der Waals surface area contributed by atoms with Crippen molar-refractivity contribution in [1.82, 2.24) is 4.57 Å². The number of aryl methyl sites for hydroxylation is 1. The zero-order valence-electron chi connectivity index (χ0n) is 14.1. The quantitative estimate of drug-likeness (QED) is 0.352. The van der Waals surface area contributed by atoms with Crippen molar-refractivity contribution in [2.45, 2.75) is 19.8 Å². The molecule has 0 aliphatic carbocycles. The Morgan fingerprint density at radius 3 is 2.42 bits per heavy atom. The molecule has 0 fully saturated rings. The summed E-state index contributed by atoms with van der Waals surface area (Å²) in [7, 11) is 2.17. The van der Waals surface area contributed by atoms with Crippen molar-refractivity contribution >= 4 is 43.7 Å². The van der Waals surface area contributed by atoms with Gasteiger partial charge in [-0.25, -0.2) is 0 Å². The smallest absolute Gasteiger partial charge is 0.136 e. The molecule has 0 spiro atoms. The predicted octanol–water partition coefficient (Wildman–Crippen LogP) is 6.35. The van der Waals surface area contributed by atoms with E-state index in [0.29, 0.717) is 5.92 Å². The zero-order chi connectivity index (χ0) is 16.4. The van der Waals surface area contributed by atoms with Crippen molar-refractivity contribution in [2.75, 3.05) is 0 Å². The second kappa shape index (κ2) is 4.64. The first kappa shape index (κ1) is 13.7. The van der Waals surface area contributed by atoms with Gasteiger partial charge in [-0.2, -0.15) is 0 Å². The first-order valence-corrected chi connectivity index (χ1v) is 8.47. The lowest BCUT2D eigenvalue weighted by Crippen LogP contribution is -1.94. The van der Waals surface area contributed by atoms with Crippen LogP contribution in [0.4, 0.5) is 0 Å². The maximum Gasteiger partial charge on any atom is 0.136 e. The largest absolute Gasteiger partial charge is 0.456 e. The van der Waals surface area contributed by atoms with Crippen LogP contribution >= 0.6 is 0 Å². The molecular weight excluding hydrogens is 294 g/mol. The van der Waals surface area contributed by atoms with Crippen LogP contribution in [-0.2, 0) is 7.05 Å². The van der Waals surface area contributed by atoms with Gasteiger partial charge in [-0.3, -0.25) is 0 Å². The van der Waals surface area contributed by atoms with Gasteiger partial charge in [-0.15, -0.1) is 0 Å². The fraction of sp³-hybridized carbons (Fsp3) is 0.182. The average Bonchev–Trinajstić information content (AvgIpc) is 3.09. The number of furan rings is 1. The molecule has 0 saturated heterocycles. The minimum Gasteiger partial charge on any atom is -0.456 e. The highest BCUT2D eigenvalue weighted by atomic mass is 16.3. The van der Waals surface area contributed by atoms with Gasteiger partial charge < -0.3 is 8.98 Å². The number of nitrogens with zero attached hydrogens (tertiary/aromatic N) is 1. The van der Waals surface area contributed by atoms with Crippen molar-refractivity contribution in [2.24, 2.45) is 7.05 Å². The molecule has 0 saturated carbocycles. The molecule has 3 aromatic carbocycles. The molecule has 24 heavy (non-hydrogen) atoms. The van der Waals surface area contributed by atoms with E-state index in [9.17, 15) is 0 Å². The Morgan fingerprint density at radius 1 is 0.792 bits per heavy atom. The van der Waals surface area contributed by atoms with Gasteiger partial charge in [0, 0.05) is 34.1 Å². The lowest BCUT2D eigenvalue weighted by atomic mass is 10.00. The Morgan fingerprint density at radius 2 is 1.58 bits per heavy atom. The summed E-state index contributed by atoms with van der Waals surface area (Å²) in [5, 5.41) is 4.95. The average molecular weight is 313 g/mol. The number of para-hydroxylation sites is 2. The summed E-state index contributed by atoms with van der Waals surface area (Å²) < 4.78 is 8.42. The number of benzene rings is 3. The van der Waals surface area contributed by atoms with Gasteiger partial charge in [0.25, 0.3) is 0 Å². The molecule has 5 aromatic rings. The van der Waals surface area contributed by atoms with Crippen molar-refractivity contribution in [3.63, 3.8) is 0 Å². The van der Waals surface area contributed by atoms with Crippen LogP contribution in [-0.4, -0.2) is 4.57 Å². The van der Waals surface area contributed by atoms with Crippen LogP contribution in [0.5, 0.6) is 0 Å². The molecular formula is C22H19NO. The van der Waals surface area contributed by atoms with Crippen LogP contribution in [0.3, 0.4) is 0 Å². The Hall–Kier alpha value is -2.74. The van der Waals surface area contributed by atoms with E-state index in [1.54, 1.807) is 0 Å². The number of hydrogen-bond acceptors (Lipinski definition) is 1. The standard InChI is InChI=1S/C22H19NO/c1-13(2)14-8-6-9-16-17-12-21-18(11-19(17)23(3)22(14)16)15-7-4-5-10-20(15)24-21/h4-13H,1-3H3. The number of hydrogen-bond donors (Lipinski definition) is 0. The van der Waals surface area contributed by atoms with Gasteiger partial charge in [0.15, 0.2) is 0 Å². The van der Waals surface area contributed by atoms with E-state index < -0.39 is 0 Å². The Kier molecular flexibility index (Phi) is 2.64. The SMILES string of the molecule is CC(C)c1cccc2c3cc4oc5ccccc5c4cc3n(C)c12. The summed E-state index contributed by atoms with van der Waals surface area (Å²) in [6, 6.07) is 19.4. The molecule has 0 aliphatic heterocycles. The third-order valence-corrected chi connectivity index (χ3v) is 5.17. The van der Waals surface area contributed by atoms with Gasteiger partial charge in [0.05, 0.1) is 5.52 Å². The summed E-state index contributed by atoms with van der Waals surface area (Å²) in [5.41, 5.74) is 5.91. The molecule has 0 bridgehead atoms. The molecule has 5 rings (SSSR count). The van der Waals surface area contributed by atoms with E-state index in [2.05, 4.69) is 67.9 Å². The van der Waals surface area contributed by atoms with Crippen LogP contribution in [0.2, 0.25) is 0 Å². The van der Waals surface area contributed by atoms with Gasteiger partial charge in [-0.1, -0.05) is 50.2 Å². The fourth-order valence-corrected chi connectivity index (χ4v) is 3.99. The molecule has 2 heteroatoms. The first-order chi connectivity index (χ1) is 11.6. The van der Waals surface area contributed by atoms with E-state index in [1.165, 1.54) is 38.1 Å². The molecule has 0 radical (unpaired) electrons. The molecule has 2 nitrogen and oxygen atoms in total. The van der Waals surface area contributed by atoms with E-state index in [4.69, 9.17) is 4.42 Å². The van der Waals surface area contributed by atoms with Crippen LogP contribution in [0.1, 0.15) is 25.3 Å². The zero-order valence-corrected chi connectivity index (χ0v) is 14.1. The van der Waals surface area contributed by atoms with Crippen molar-refractivity contribution in [3.8, 4) is 0 Å². The summed E-state index contributed by atoms with van der Waals surface area (Å²) in [6.07, 6.45) is 0. The first-order valence-electron chi connectivity index (χ1n) is 8.47. The Balaban J connectivity index is 2.01.